The van der Waals surface area contributed by atoms with E-state index in [1.807, 2.05) is 6.92 Å². The van der Waals surface area contributed by atoms with Crippen LogP contribution < -0.4 is 0 Å². The number of hydrogen-bond donors (Lipinski definition) is 1. The number of imidazole rings is 1. The van der Waals surface area contributed by atoms with Gasteiger partial charge in [-0.05, 0) is 13.8 Å². The van der Waals surface area contributed by atoms with Crippen molar-refractivity contribution in [2.24, 2.45) is 0 Å². The van der Waals surface area contributed by atoms with E-state index in [2.05, 4.69) is 4.98 Å². The molecule has 2 heterocycles. The first-order valence-electron chi connectivity index (χ1n) is 6.24. The van der Waals surface area contributed by atoms with Gasteiger partial charge in [-0.3, -0.25) is 0 Å². The minimum Gasteiger partial charge on any atom is -0.479 e. The number of morpholine rings is 1. The van der Waals surface area contributed by atoms with E-state index < -0.39 is 22.1 Å². The minimum absolute atomic E-state index is 0.0529. The molecule has 8 nitrogen and oxygen atoms in total. The summed E-state index contributed by atoms with van der Waals surface area (Å²) in [5.74, 6) is -0.561. The van der Waals surface area contributed by atoms with Gasteiger partial charge in [-0.2, -0.15) is 4.31 Å². The van der Waals surface area contributed by atoms with E-state index in [0.29, 0.717) is 12.4 Å². The molecule has 112 valence electrons. The Bertz CT molecular complexity index is 610. The summed E-state index contributed by atoms with van der Waals surface area (Å²) in [5.41, 5.74) is 0. The second-order valence-corrected chi connectivity index (χ2v) is 6.36. The lowest BCUT2D eigenvalue weighted by Crippen LogP contribution is -2.48. The average molecular weight is 303 g/mol. The zero-order valence-electron chi connectivity index (χ0n) is 11.3. The van der Waals surface area contributed by atoms with Crippen LogP contribution in [0, 0.1) is 6.92 Å². The average Bonchev–Trinajstić information content (AvgIpc) is 2.81. The van der Waals surface area contributed by atoms with Crippen molar-refractivity contribution in [2.45, 2.75) is 31.5 Å². The predicted molar refractivity (Wildman–Crippen MR) is 68.8 cm³/mol. The molecule has 9 heteroatoms. The molecule has 0 spiro atoms. The lowest BCUT2D eigenvalue weighted by Gasteiger charge is -2.29. The number of aromatic nitrogens is 2. The Morgan fingerprint density at radius 1 is 1.60 bits per heavy atom. The third-order valence-electron chi connectivity index (χ3n) is 3.20. The van der Waals surface area contributed by atoms with Crippen molar-refractivity contribution in [3.8, 4) is 0 Å². The maximum Gasteiger partial charge on any atom is 0.334 e. The lowest BCUT2D eigenvalue weighted by atomic mass is 10.3. The number of aliphatic carboxylic acids is 1. The molecule has 0 saturated carbocycles. The van der Waals surface area contributed by atoms with E-state index in [4.69, 9.17) is 9.84 Å². The Labute approximate surface area is 117 Å². The van der Waals surface area contributed by atoms with Crippen molar-refractivity contribution in [1.29, 1.82) is 0 Å². The van der Waals surface area contributed by atoms with Gasteiger partial charge in [0.15, 0.2) is 11.1 Å². The molecule has 1 aromatic rings. The monoisotopic (exact) mass is 303 g/mol. The number of nitrogens with zero attached hydrogens (tertiary/aromatic N) is 3. The summed E-state index contributed by atoms with van der Waals surface area (Å²) in [6.45, 7) is 4.22. The van der Waals surface area contributed by atoms with Gasteiger partial charge in [-0.25, -0.2) is 18.2 Å². The number of hydrogen-bond acceptors (Lipinski definition) is 5. The molecular formula is C11H17N3O5S. The first kappa shape index (κ1) is 14.9. The van der Waals surface area contributed by atoms with Crippen LogP contribution in [0.2, 0.25) is 0 Å². The van der Waals surface area contributed by atoms with Gasteiger partial charge in [0.25, 0.3) is 10.0 Å². The molecule has 2 rings (SSSR count). The predicted octanol–water partition coefficient (Wildman–Crippen LogP) is -0.314. The summed E-state index contributed by atoms with van der Waals surface area (Å²) < 4.78 is 32.7. The third-order valence-corrected chi connectivity index (χ3v) is 4.94. The van der Waals surface area contributed by atoms with Gasteiger partial charge in [0.2, 0.25) is 0 Å². The summed E-state index contributed by atoms with van der Waals surface area (Å²) in [6, 6.07) is 0. The number of carboxylic acid groups (broad SMARTS) is 1. The highest BCUT2D eigenvalue weighted by Gasteiger charge is 2.35. The number of carboxylic acids is 1. The van der Waals surface area contributed by atoms with Crippen molar-refractivity contribution in [3.05, 3.63) is 12.0 Å². The smallest absolute Gasteiger partial charge is 0.334 e. The zero-order chi connectivity index (χ0) is 14.9. The topological polar surface area (TPSA) is 102 Å². The van der Waals surface area contributed by atoms with Gasteiger partial charge < -0.3 is 14.4 Å². The number of aryl methyl sites for hydroxylation is 2. The normalized spacial score (nSPS) is 21.0. The molecule has 0 bridgehead atoms. The molecule has 1 fully saturated rings. The van der Waals surface area contributed by atoms with E-state index in [0.717, 1.165) is 4.31 Å². The molecule has 1 N–H and O–H groups in total. The van der Waals surface area contributed by atoms with Gasteiger partial charge in [0.1, 0.15) is 5.82 Å². The molecule has 20 heavy (non-hydrogen) atoms. The molecule has 0 aliphatic carbocycles. The second kappa shape index (κ2) is 5.51. The molecule has 0 amide bonds. The molecule has 1 aromatic heterocycles. The molecule has 1 aliphatic rings. The molecule has 1 saturated heterocycles. The summed E-state index contributed by atoms with van der Waals surface area (Å²) in [4.78, 5) is 14.9. The fourth-order valence-corrected chi connectivity index (χ4v) is 3.47. The van der Waals surface area contributed by atoms with Crippen LogP contribution in [0.15, 0.2) is 11.2 Å². The summed E-state index contributed by atoms with van der Waals surface area (Å²) >= 11 is 0. The van der Waals surface area contributed by atoms with Crippen LogP contribution in [0.25, 0.3) is 0 Å². The van der Waals surface area contributed by atoms with E-state index in [-0.39, 0.29) is 24.7 Å². The Hall–Kier alpha value is -1.45. The molecule has 1 aliphatic heterocycles. The van der Waals surface area contributed by atoms with Gasteiger partial charge in [-0.1, -0.05) is 0 Å². The van der Waals surface area contributed by atoms with Crippen molar-refractivity contribution in [2.75, 3.05) is 19.7 Å². The fraction of sp³-hybridized carbons (Fsp3) is 0.636. The van der Waals surface area contributed by atoms with Crippen LogP contribution in [0.3, 0.4) is 0 Å². The van der Waals surface area contributed by atoms with E-state index in [1.165, 1.54) is 6.20 Å². The SMILES string of the molecule is CCn1cc(S(=O)(=O)N2CCOC(C(=O)O)C2)nc1C. The number of ether oxygens (including phenoxy) is 1. The molecule has 1 atom stereocenters. The molecular weight excluding hydrogens is 286 g/mol. The van der Waals surface area contributed by atoms with E-state index in [1.54, 1.807) is 11.5 Å². The maximum absolute atomic E-state index is 12.4. The lowest BCUT2D eigenvalue weighted by molar-refractivity contribution is -0.153. The third kappa shape index (κ3) is 2.69. The Kier molecular flexibility index (Phi) is 4.11. The van der Waals surface area contributed by atoms with Crippen LogP contribution >= 0.6 is 0 Å². The summed E-state index contributed by atoms with van der Waals surface area (Å²) in [7, 11) is -3.78. The minimum atomic E-state index is -3.78. The van der Waals surface area contributed by atoms with Crippen LogP contribution in [0.5, 0.6) is 0 Å². The second-order valence-electron chi connectivity index (χ2n) is 4.47. The largest absolute Gasteiger partial charge is 0.479 e. The van der Waals surface area contributed by atoms with Crippen LogP contribution in [-0.4, -0.2) is 59.2 Å². The number of rotatable bonds is 4. The maximum atomic E-state index is 12.4. The van der Waals surface area contributed by atoms with Crippen molar-refractivity contribution >= 4 is 16.0 Å². The molecule has 0 aromatic carbocycles. The van der Waals surface area contributed by atoms with E-state index >= 15 is 0 Å². The quantitative estimate of drug-likeness (QED) is 0.818. The number of sulfonamides is 1. The van der Waals surface area contributed by atoms with E-state index in [9.17, 15) is 13.2 Å². The fourth-order valence-electron chi connectivity index (χ4n) is 2.05. The molecule has 1 unspecified atom stereocenters. The highest BCUT2D eigenvalue weighted by molar-refractivity contribution is 7.89. The Morgan fingerprint density at radius 3 is 2.85 bits per heavy atom. The van der Waals surface area contributed by atoms with Crippen molar-refractivity contribution in [1.82, 2.24) is 13.9 Å². The van der Waals surface area contributed by atoms with Crippen LogP contribution in [0.4, 0.5) is 0 Å². The van der Waals surface area contributed by atoms with Gasteiger partial charge in [0, 0.05) is 19.3 Å². The summed E-state index contributed by atoms with van der Waals surface area (Å²) in [6.07, 6.45) is 0.337. The standard InChI is InChI=1S/C11H17N3O5S/c1-3-13-7-10(12-8(13)2)20(17,18)14-4-5-19-9(6-14)11(15)16/h7,9H,3-6H2,1-2H3,(H,15,16). The van der Waals surface area contributed by atoms with Gasteiger partial charge >= 0.3 is 5.97 Å². The van der Waals surface area contributed by atoms with Gasteiger partial charge in [0.05, 0.1) is 13.2 Å². The first-order valence-corrected chi connectivity index (χ1v) is 7.68. The number of carbonyl (C=O) groups is 1. The molecule has 0 radical (unpaired) electrons. The highest BCUT2D eigenvalue weighted by atomic mass is 32.2. The Morgan fingerprint density at radius 2 is 2.30 bits per heavy atom. The van der Waals surface area contributed by atoms with Crippen molar-refractivity contribution in [3.63, 3.8) is 0 Å². The zero-order valence-corrected chi connectivity index (χ0v) is 12.1. The van der Waals surface area contributed by atoms with Crippen LogP contribution in [0.1, 0.15) is 12.7 Å². The Balaban J connectivity index is 2.27. The van der Waals surface area contributed by atoms with Crippen LogP contribution in [-0.2, 0) is 26.1 Å². The van der Waals surface area contributed by atoms with Crippen molar-refractivity contribution < 1.29 is 23.1 Å². The van der Waals surface area contributed by atoms with Gasteiger partial charge in [-0.15, -0.1) is 0 Å². The summed E-state index contributed by atoms with van der Waals surface area (Å²) in [5, 5.41) is 8.86. The first-order chi connectivity index (χ1) is 9.36. The highest BCUT2D eigenvalue weighted by Crippen LogP contribution is 2.18.